The van der Waals surface area contributed by atoms with Gasteiger partial charge in [0.05, 0.1) is 18.7 Å². The topological polar surface area (TPSA) is 67.2 Å². The Labute approximate surface area is 221 Å². The summed E-state index contributed by atoms with van der Waals surface area (Å²) in [6.07, 6.45) is 4.36. The number of hydrogen-bond acceptors (Lipinski definition) is 3. The van der Waals surface area contributed by atoms with Gasteiger partial charge in [0.25, 0.3) is 0 Å². The summed E-state index contributed by atoms with van der Waals surface area (Å²) in [5, 5.41) is 3.61. The molecule has 3 aromatic carbocycles. The maximum atomic E-state index is 13.2. The first-order chi connectivity index (χ1) is 17.9. The Bertz CT molecular complexity index is 1380. The maximum Gasteiger partial charge on any atom is 0.246 e. The molecule has 1 aromatic heterocycles. The zero-order valence-electron chi connectivity index (χ0n) is 20.7. The van der Waals surface area contributed by atoms with Crippen molar-refractivity contribution in [1.29, 1.82) is 0 Å². The van der Waals surface area contributed by atoms with E-state index in [9.17, 15) is 9.59 Å². The first kappa shape index (κ1) is 24.8. The molecule has 0 saturated heterocycles. The molecule has 6 nitrogen and oxygen atoms in total. The third-order valence-corrected chi connectivity index (χ3v) is 6.72. The van der Waals surface area contributed by atoms with Gasteiger partial charge in [-0.3, -0.25) is 19.5 Å². The summed E-state index contributed by atoms with van der Waals surface area (Å²) in [7, 11) is 0. The number of nitrogens with one attached hydrogen (secondary N) is 1. The van der Waals surface area contributed by atoms with Crippen molar-refractivity contribution in [1.82, 2.24) is 14.5 Å². The van der Waals surface area contributed by atoms with Crippen molar-refractivity contribution in [3.05, 3.63) is 101 Å². The minimum absolute atomic E-state index is 0.0147. The minimum atomic E-state index is -0.274. The van der Waals surface area contributed by atoms with Gasteiger partial charge in [0.1, 0.15) is 0 Å². The quantitative estimate of drug-likeness (QED) is 0.302. The van der Waals surface area contributed by atoms with Crippen molar-refractivity contribution in [3.8, 4) is 16.9 Å². The second kappa shape index (κ2) is 11.0. The first-order valence-electron chi connectivity index (χ1n) is 12.5. The molecule has 1 saturated carbocycles. The summed E-state index contributed by atoms with van der Waals surface area (Å²) in [5.41, 5.74) is 4.56. The Hall–Kier alpha value is -3.90. The molecule has 4 aromatic rings. The van der Waals surface area contributed by atoms with Gasteiger partial charge in [-0.1, -0.05) is 71.8 Å². The Morgan fingerprint density at radius 3 is 2.38 bits per heavy atom. The van der Waals surface area contributed by atoms with Gasteiger partial charge in [-0.2, -0.15) is 0 Å². The van der Waals surface area contributed by atoms with Crippen LogP contribution in [0.3, 0.4) is 0 Å². The number of carbonyl (C=O) groups excluding carboxylic acids is 2. The number of aromatic nitrogens is 2. The zero-order chi connectivity index (χ0) is 25.8. The number of rotatable bonds is 9. The number of carbonyl (C=O) groups is 2. The lowest BCUT2D eigenvalue weighted by Crippen LogP contribution is -2.40. The fourth-order valence-electron chi connectivity index (χ4n) is 4.22. The van der Waals surface area contributed by atoms with E-state index in [1.165, 1.54) is 0 Å². The molecule has 1 aliphatic rings. The smallest absolute Gasteiger partial charge is 0.246 e. The van der Waals surface area contributed by atoms with Crippen LogP contribution in [0.1, 0.15) is 24.0 Å². The van der Waals surface area contributed by atoms with Crippen molar-refractivity contribution >= 4 is 29.4 Å². The zero-order valence-corrected chi connectivity index (χ0v) is 21.5. The molecule has 5 rings (SSSR count). The van der Waals surface area contributed by atoms with E-state index in [0.717, 1.165) is 35.2 Å². The fourth-order valence-corrected chi connectivity index (χ4v) is 4.34. The number of aryl methyl sites for hydroxylation is 1. The molecule has 2 amide bonds. The second-order valence-corrected chi connectivity index (χ2v) is 10.0. The summed E-state index contributed by atoms with van der Waals surface area (Å²) in [4.78, 5) is 32.8. The highest BCUT2D eigenvalue weighted by molar-refractivity contribution is 6.30. The number of imidazole rings is 1. The third-order valence-electron chi connectivity index (χ3n) is 6.47. The predicted molar refractivity (Wildman–Crippen MR) is 147 cm³/mol. The Morgan fingerprint density at radius 2 is 1.70 bits per heavy atom. The van der Waals surface area contributed by atoms with Crippen molar-refractivity contribution in [2.24, 2.45) is 5.92 Å². The largest absolute Gasteiger partial charge is 0.333 e. The van der Waals surface area contributed by atoms with Gasteiger partial charge in [-0.05, 0) is 55.5 Å². The molecule has 1 aliphatic carbocycles. The summed E-state index contributed by atoms with van der Waals surface area (Å²) in [6.45, 7) is 2.61. The Balaban J connectivity index is 1.37. The van der Waals surface area contributed by atoms with Gasteiger partial charge in [-0.15, -0.1) is 0 Å². The molecule has 7 heteroatoms. The number of hydrogen-bond donors (Lipinski definition) is 1. The van der Waals surface area contributed by atoms with E-state index in [4.69, 9.17) is 16.6 Å². The van der Waals surface area contributed by atoms with Gasteiger partial charge in [0.2, 0.25) is 17.8 Å². The van der Waals surface area contributed by atoms with E-state index in [-0.39, 0.29) is 24.8 Å². The fraction of sp³-hybridized carbons (Fsp3) is 0.233. The highest BCUT2D eigenvalue weighted by Gasteiger charge is 2.28. The molecule has 0 spiro atoms. The molecule has 0 atom stereocenters. The van der Waals surface area contributed by atoms with E-state index >= 15 is 0 Å². The van der Waals surface area contributed by atoms with Gasteiger partial charge in [0, 0.05) is 29.0 Å². The minimum Gasteiger partial charge on any atom is -0.333 e. The van der Waals surface area contributed by atoms with E-state index in [1.807, 2.05) is 96.6 Å². The molecule has 1 N–H and O–H groups in total. The van der Waals surface area contributed by atoms with E-state index in [2.05, 4.69) is 5.32 Å². The molecule has 1 fully saturated rings. The lowest BCUT2D eigenvalue weighted by atomic mass is 10.1. The van der Waals surface area contributed by atoms with Crippen LogP contribution in [0, 0.1) is 12.8 Å². The number of halogens is 1. The molecule has 0 unspecified atom stereocenters. The first-order valence-corrected chi connectivity index (χ1v) is 12.9. The van der Waals surface area contributed by atoms with Crippen molar-refractivity contribution in [3.63, 3.8) is 0 Å². The summed E-state index contributed by atoms with van der Waals surface area (Å²) in [6, 6.07) is 25.1. The standard InChI is InChI=1S/C30H29ClN4O2/c1-21-7-15-26(16-8-21)35-19-27(24-11-13-25(31)14-12-24)32-30(35)33-28(36)20-34(18-23-9-10-23)29(37)17-22-5-3-2-4-6-22/h2-8,11-16,19,23H,9-10,17-18,20H2,1H3,(H,32,33,36). The summed E-state index contributed by atoms with van der Waals surface area (Å²) < 4.78 is 1.86. The monoisotopic (exact) mass is 512 g/mol. The van der Waals surface area contributed by atoms with Gasteiger partial charge < -0.3 is 4.90 Å². The van der Waals surface area contributed by atoms with E-state index in [0.29, 0.717) is 29.1 Å². The number of nitrogens with zero attached hydrogens (tertiary/aromatic N) is 3. The van der Waals surface area contributed by atoms with Crippen LogP contribution >= 0.6 is 11.6 Å². The lowest BCUT2D eigenvalue weighted by molar-refractivity contribution is -0.134. The normalized spacial score (nSPS) is 12.8. The van der Waals surface area contributed by atoms with Crippen LogP contribution < -0.4 is 5.32 Å². The van der Waals surface area contributed by atoms with E-state index < -0.39 is 0 Å². The summed E-state index contributed by atoms with van der Waals surface area (Å²) >= 11 is 6.07. The average molecular weight is 513 g/mol. The molecule has 188 valence electrons. The highest BCUT2D eigenvalue weighted by Crippen LogP contribution is 2.30. The number of amides is 2. The predicted octanol–water partition coefficient (Wildman–Crippen LogP) is 5.92. The van der Waals surface area contributed by atoms with Crippen LogP contribution in [0.15, 0.2) is 85.1 Å². The SMILES string of the molecule is Cc1ccc(-n2cc(-c3ccc(Cl)cc3)nc2NC(=O)CN(CC2CC2)C(=O)Cc2ccccc2)cc1. The van der Waals surface area contributed by atoms with Gasteiger partial charge >= 0.3 is 0 Å². The molecule has 0 aliphatic heterocycles. The van der Waals surface area contributed by atoms with Crippen LogP contribution in [0.2, 0.25) is 5.02 Å². The van der Waals surface area contributed by atoms with Gasteiger partial charge in [-0.25, -0.2) is 4.98 Å². The van der Waals surface area contributed by atoms with Crippen LogP contribution in [0.25, 0.3) is 16.9 Å². The van der Waals surface area contributed by atoms with Crippen molar-refractivity contribution in [2.45, 2.75) is 26.2 Å². The average Bonchev–Trinajstić information content (AvgIpc) is 3.62. The Kier molecular flexibility index (Phi) is 7.37. The number of anilines is 1. The van der Waals surface area contributed by atoms with Crippen molar-refractivity contribution in [2.75, 3.05) is 18.4 Å². The second-order valence-electron chi connectivity index (χ2n) is 9.59. The molecule has 0 bridgehead atoms. The van der Waals surface area contributed by atoms with Crippen LogP contribution in [0.4, 0.5) is 5.95 Å². The van der Waals surface area contributed by atoms with Gasteiger partial charge in [0.15, 0.2) is 0 Å². The molecular weight excluding hydrogens is 484 g/mol. The summed E-state index contributed by atoms with van der Waals surface area (Å²) in [5.74, 6) is 0.555. The lowest BCUT2D eigenvalue weighted by Gasteiger charge is -2.22. The Morgan fingerprint density at radius 1 is 1.00 bits per heavy atom. The number of benzene rings is 3. The molecular formula is C30H29ClN4O2. The third kappa shape index (κ3) is 6.46. The maximum absolute atomic E-state index is 13.2. The van der Waals surface area contributed by atoms with Crippen LogP contribution in [0.5, 0.6) is 0 Å². The molecule has 37 heavy (non-hydrogen) atoms. The highest BCUT2D eigenvalue weighted by atomic mass is 35.5. The van der Waals surface area contributed by atoms with Crippen molar-refractivity contribution < 1.29 is 9.59 Å². The molecule has 1 heterocycles. The van der Waals surface area contributed by atoms with Crippen LogP contribution in [-0.2, 0) is 16.0 Å². The molecule has 0 radical (unpaired) electrons. The van der Waals surface area contributed by atoms with E-state index in [1.54, 1.807) is 4.90 Å². The van der Waals surface area contributed by atoms with Crippen LogP contribution in [-0.4, -0.2) is 39.4 Å².